The van der Waals surface area contributed by atoms with Gasteiger partial charge in [-0.05, 0) is 52.2 Å². The van der Waals surface area contributed by atoms with Gasteiger partial charge in [0.25, 0.3) is 0 Å². The molecule has 0 aromatic heterocycles. The summed E-state index contributed by atoms with van der Waals surface area (Å²) >= 11 is 0. The molecular weight excluding hydrogens is 250 g/mol. The van der Waals surface area contributed by atoms with Crippen LogP contribution in [0.3, 0.4) is 0 Å². The lowest BCUT2D eigenvalue weighted by Gasteiger charge is -2.30. The van der Waals surface area contributed by atoms with Crippen LogP contribution in [0, 0.1) is 5.92 Å². The summed E-state index contributed by atoms with van der Waals surface area (Å²) in [5.74, 6) is 0.911. The number of likely N-dealkylation sites (N-methyl/N-ethyl adjacent to an activating group) is 2. The number of carbonyl (C=O) groups is 1. The molecule has 1 aliphatic rings. The minimum absolute atomic E-state index is 0.223. The molecule has 1 unspecified atom stereocenters. The lowest BCUT2D eigenvalue weighted by molar-refractivity contribution is -0.132. The van der Waals surface area contributed by atoms with Crippen molar-refractivity contribution in [2.75, 3.05) is 45.8 Å². The third kappa shape index (κ3) is 6.06. The number of nitrogens with one attached hydrogen (secondary N) is 1. The van der Waals surface area contributed by atoms with E-state index in [1.807, 2.05) is 18.7 Å². The molecule has 1 saturated heterocycles. The Morgan fingerprint density at radius 3 is 2.55 bits per heavy atom. The lowest BCUT2D eigenvalue weighted by Crippen LogP contribution is -2.44. The van der Waals surface area contributed by atoms with Crippen molar-refractivity contribution >= 4 is 5.91 Å². The molecule has 1 aliphatic heterocycles. The van der Waals surface area contributed by atoms with E-state index in [1.54, 1.807) is 0 Å². The third-order valence-corrected chi connectivity index (χ3v) is 3.92. The van der Waals surface area contributed by atoms with Crippen LogP contribution in [0.1, 0.15) is 33.6 Å². The zero-order valence-corrected chi connectivity index (χ0v) is 13.5. The van der Waals surface area contributed by atoms with Gasteiger partial charge in [-0.3, -0.25) is 9.69 Å². The third-order valence-electron chi connectivity index (χ3n) is 3.92. The van der Waals surface area contributed by atoms with Gasteiger partial charge in [-0.25, -0.2) is 0 Å². The van der Waals surface area contributed by atoms with Gasteiger partial charge < -0.3 is 10.2 Å². The molecule has 0 aliphatic carbocycles. The molecule has 0 saturated carbocycles. The standard InChI is InChI=1S/C16H31N3O/c1-5-18(12-15-8-7-9-17-10-15)13-16(20)19(6-2)11-14(3)4/h15,17H,3,5-13H2,1-2,4H3. The molecule has 1 amide bonds. The van der Waals surface area contributed by atoms with Crippen LogP contribution >= 0.6 is 0 Å². The normalized spacial score (nSPS) is 19.1. The largest absolute Gasteiger partial charge is 0.338 e. The van der Waals surface area contributed by atoms with Gasteiger partial charge in [0.15, 0.2) is 0 Å². The van der Waals surface area contributed by atoms with E-state index in [9.17, 15) is 4.79 Å². The Morgan fingerprint density at radius 1 is 1.30 bits per heavy atom. The van der Waals surface area contributed by atoms with Gasteiger partial charge in [0.05, 0.1) is 6.54 Å². The van der Waals surface area contributed by atoms with Gasteiger partial charge >= 0.3 is 0 Å². The van der Waals surface area contributed by atoms with E-state index in [-0.39, 0.29) is 5.91 Å². The highest BCUT2D eigenvalue weighted by atomic mass is 16.2. The first-order valence-corrected chi connectivity index (χ1v) is 7.92. The Bertz CT molecular complexity index is 311. The van der Waals surface area contributed by atoms with E-state index >= 15 is 0 Å². The molecule has 0 aromatic rings. The van der Waals surface area contributed by atoms with E-state index in [0.717, 1.165) is 38.3 Å². The van der Waals surface area contributed by atoms with E-state index in [4.69, 9.17) is 0 Å². The molecule has 1 fully saturated rings. The molecule has 1 N–H and O–H groups in total. The fourth-order valence-electron chi connectivity index (χ4n) is 2.74. The molecule has 1 atom stereocenters. The van der Waals surface area contributed by atoms with Crippen LogP contribution in [-0.2, 0) is 4.79 Å². The highest BCUT2D eigenvalue weighted by molar-refractivity contribution is 5.78. The Morgan fingerprint density at radius 2 is 2.05 bits per heavy atom. The highest BCUT2D eigenvalue weighted by Gasteiger charge is 2.20. The number of nitrogens with zero attached hydrogens (tertiary/aromatic N) is 2. The molecular formula is C16H31N3O. The predicted octanol–water partition coefficient (Wildman–Crippen LogP) is 1.73. The van der Waals surface area contributed by atoms with Gasteiger partial charge in [-0.2, -0.15) is 0 Å². The zero-order valence-electron chi connectivity index (χ0n) is 13.5. The monoisotopic (exact) mass is 281 g/mol. The first-order chi connectivity index (χ1) is 9.56. The maximum absolute atomic E-state index is 12.3. The molecule has 1 rings (SSSR count). The lowest BCUT2D eigenvalue weighted by atomic mass is 9.99. The summed E-state index contributed by atoms with van der Waals surface area (Å²) in [6.45, 7) is 16.2. The van der Waals surface area contributed by atoms with Crippen LogP contribution in [0.5, 0.6) is 0 Å². The number of carbonyl (C=O) groups excluding carboxylic acids is 1. The van der Waals surface area contributed by atoms with Crippen LogP contribution in [0.2, 0.25) is 0 Å². The first kappa shape index (κ1) is 17.2. The van der Waals surface area contributed by atoms with Crippen molar-refractivity contribution in [2.45, 2.75) is 33.6 Å². The van der Waals surface area contributed by atoms with Gasteiger partial charge in [-0.1, -0.05) is 19.1 Å². The van der Waals surface area contributed by atoms with E-state index < -0.39 is 0 Å². The van der Waals surface area contributed by atoms with Crippen molar-refractivity contribution in [3.63, 3.8) is 0 Å². The number of hydrogen-bond acceptors (Lipinski definition) is 3. The SMILES string of the molecule is C=C(C)CN(CC)C(=O)CN(CC)CC1CCCNC1. The average molecular weight is 281 g/mol. The van der Waals surface area contributed by atoms with Crippen molar-refractivity contribution in [3.05, 3.63) is 12.2 Å². The Balaban J connectivity index is 2.44. The summed E-state index contributed by atoms with van der Waals surface area (Å²) in [7, 11) is 0. The predicted molar refractivity (Wildman–Crippen MR) is 84.8 cm³/mol. The first-order valence-electron chi connectivity index (χ1n) is 7.92. The van der Waals surface area contributed by atoms with E-state index in [0.29, 0.717) is 19.0 Å². The molecule has 0 spiro atoms. The zero-order chi connectivity index (χ0) is 15.0. The molecule has 0 aromatic carbocycles. The molecule has 116 valence electrons. The maximum Gasteiger partial charge on any atom is 0.237 e. The van der Waals surface area contributed by atoms with Crippen LogP contribution in [0.15, 0.2) is 12.2 Å². The second-order valence-electron chi connectivity index (χ2n) is 5.91. The quantitative estimate of drug-likeness (QED) is 0.688. The van der Waals surface area contributed by atoms with Gasteiger partial charge in [0.1, 0.15) is 0 Å². The minimum atomic E-state index is 0.223. The molecule has 0 bridgehead atoms. The van der Waals surface area contributed by atoms with Gasteiger partial charge in [-0.15, -0.1) is 0 Å². The summed E-state index contributed by atoms with van der Waals surface area (Å²) < 4.78 is 0. The van der Waals surface area contributed by atoms with Crippen LogP contribution in [-0.4, -0.2) is 61.5 Å². The van der Waals surface area contributed by atoms with Crippen molar-refractivity contribution in [3.8, 4) is 0 Å². The van der Waals surface area contributed by atoms with Crippen molar-refractivity contribution in [1.82, 2.24) is 15.1 Å². The number of piperidine rings is 1. The minimum Gasteiger partial charge on any atom is -0.338 e. The van der Waals surface area contributed by atoms with Crippen molar-refractivity contribution < 1.29 is 4.79 Å². The molecule has 4 nitrogen and oxygen atoms in total. The topological polar surface area (TPSA) is 35.6 Å². The average Bonchev–Trinajstić information content (AvgIpc) is 2.44. The summed E-state index contributed by atoms with van der Waals surface area (Å²) in [6.07, 6.45) is 2.54. The number of hydrogen-bond donors (Lipinski definition) is 1. The van der Waals surface area contributed by atoms with Crippen molar-refractivity contribution in [1.29, 1.82) is 0 Å². The molecule has 1 heterocycles. The Labute approximate surface area is 124 Å². The second kappa shape index (κ2) is 9.14. The van der Waals surface area contributed by atoms with E-state index in [2.05, 4.69) is 23.7 Å². The fourth-order valence-corrected chi connectivity index (χ4v) is 2.74. The smallest absolute Gasteiger partial charge is 0.237 e. The van der Waals surface area contributed by atoms with Crippen LogP contribution in [0.4, 0.5) is 0 Å². The Kier molecular flexibility index (Phi) is 7.85. The number of rotatable bonds is 8. The maximum atomic E-state index is 12.3. The van der Waals surface area contributed by atoms with Crippen LogP contribution in [0.25, 0.3) is 0 Å². The Hall–Kier alpha value is -0.870. The molecule has 0 radical (unpaired) electrons. The van der Waals surface area contributed by atoms with Crippen LogP contribution < -0.4 is 5.32 Å². The summed E-state index contributed by atoms with van der Waals surface area (Å²) in [5.41, 5.74) is 1.04. The number of amides is 1. The van der Waals surface area contributed by atoms with Gasteiger partial charge in [0, 0.05) is 19.6 Å². The summed E-state index contributed by atoms with van der Waals surface area (Å²) in [6, 6.07) is 0. The van der Waals surface area contributed by atoms with Gasteiger partial charge in [0.2, 0.25) is 5.91 Å². The summed E-state index contributed by atoms with van der Waals surface area (Å²) in [4.78, 5) is 16.5. The molecule has 4 heteroatoms. The van der Waals surface area contributed by atoms with Crippen molar-refractivity contribution in [2.24, 2.45) is 5.92 Å². The fraction of sp³-hybridized carbons (Fsp3) is 0.812. The second-order valence-corrected chi connectivity index (χ2v) is 5.91. The summed E-state index contributed by atoms with van der Waals surface area (Å²) in [5, 5.41) is 3.44. The highest BCUT2D eigenvalue weighted by Crippen LogP contribution is 2.12. The molecule has 20 heavy (non-hydrogen) atoms. The van der Waals surface area contributed by atoms with E-state index in [1.165, 1.54) is 12.8 Å².